The molecule has 43 heavy (non-hydrogen) atoms. The summed E-state index contributed by atoms with van der Waals surface area (Å²) in [4.78, 5) is 43.1. The molecule has 3 heterocycles. The summed E-state index contributed by atoms with van der Waals surface area (Å²) in [5, 5.41) is 23.8. The number of amides is 1. The number of ether oxygens (including phenoxy) is 1. The molecule has 0 bridgehead atoms. The Labute approximate surface area is 253 Å². The van der Waals surface area contributed by atoms with Gasteiger partial charge in [0.1, 0.15) is 32.5 Å². The van der Waals surface area contributed by atoms with Crippen LogP contribution in [0.15, 0.2) is 52.8 Å². The summed E-state index contributed by atoms with van der Waals surface area (Å²) in [6.07, 6.45) is 4.32. The van der Waals surface area contributed by atoms with Crippen molar-refractivity contribution in [1.82, 2.24) is 29.4 Å². The van der Waals surface area contributed by atoms with Crippen molar-refractivity contribution in [2.24, 2.45) is 0 Å². The van der Waals surface area contributed by atoms with Crippen molar-refractivity contribution in [3.8, 4) is 10.8 Å². The van der Waals surface area contributed by atoms with E-state index in [1.165, 1.54) is 60.9 Å². The van der Waals surface area contributed by atoms with Crippen LogP contribution in [-0.2, 0) is 22.5 Å². The lowest BCUT2D eigenvalue weighted by atomic mass is 9.89. The largest absolute Gasteiger partial charge is 0.496 e. The maximum atomic E-state index is 14.4. The molecule has 2 N–H and O–H groups in total. The number of methoxy groups -OCH3 is 1. The van der Waals surface area contributed by atoms with Crippen LogP contribution in [0.2, 0.25) is 0 Å². The molecule has 1 atom stereocenters. The molecule has 0 saturated heterocycles. The monoisotopic (exact) mass is 614 g/mol. The van der Waals surface area contributed by atoms with Crippen molar-refractivity contribution in [3.05, 3.63) is 81.0 Å². The minimum absolute atomic E-state index is 0.0883. The van der Waals surface area contributed by atoms with Crippen LogP contribution in [0.5, 0.6) is 5.75 Å². The van der Waals surface area contributed by atoms with Crippen LogP contribution in [0.4, 0.5) is 4.39 Å². The first-order valence-corrected chi connectivity index (χ1v) is 14.7. The topological polar surface area (TPSA) is 133 Å². The smallest absolute Gasteiger partial charge is 0.333 e. The SMILES string of the molecule is C=CCC(O)(Cn1c(=O)n(C(C)(C)C(=O)NC(C)C)c(=O)c2c(C)c(-n3nccn3)sc21)c1cc(F)ccc1OC.CC. The molecule has 13 heteroatoms. The van der Waals surface area contributed by atoms with E-state index in [9.17, 15) is 23.9 Å². The summed E-state index contributed by atoms with van der Waals surface area (Å²) < 4.78 is 22.0. The number of rotatable bonds is 10. The third-order valence-corrected chi connectivity index (χ3v) is 8.17. The summed E-state index contributed by atoms with van der Waals surface area (Å²) in [5.74, 6) is -0.947. The average molecular weight is 615 g/mol. The summed E-state index contributed by atoms with van der Waals surface area (Å²) in [6.45, 7) is 15.5. The van der Waals surface area contributed by atoms with Crippen LogP contribution < -0.4 is 21.3 Å². The molecule has 0 saturated carbocycles. The molecule has 4 rings (SSSR count). The zero-order chi connectivity index (χ0) is 32.3. The van der Waals surface area contributed by atoms with Gasteiger partial charge in [-0.1, -0.05) is 31.3 Å². The molecular formula is C30H39FN6O5S. The first kappa shape index (κ1) is 33.4. The highest BCUT2D eigenvalue weighted by Crippen LogP contribution is 2.37. The molecule has 4 aromatic rings. The molecule has 0 aliphatic carbocycles. The molecule has 0 spiro atoms. The van der Waals surface area contributed by atoms with Crippen LogP contribution in [0, 0.1) is 12.7 Å². The van der Waals surface area contributed by atoms with Gasteiger partial charge in [0.05, 0.1) is 31.4 Å². The van der Waals surface area contributed by atoms with Crippen LogP contribution in [0.1, 0.15) is 59.1 Å². The van der Waals surface area contributed by atoms with Crippen LogP contribution in [0.3, 0.4) is 0 Å². The van der Waals surface area contributed by atoms with Gasteiger partial charge in [-0.25, -0.2) is 13.8 Å². The van der Waals surface area contributed by atoms with Crippen molar-refractivity contribution in [2.45, 2.75) is 78.6 Å². The highest BCUT2D eigenvalue weighted by molar-refractivity contribution is 7.21. The second-order valence-corrected chi connectivity index (χ2v) is 11.6. The molecule has 1 unspecified atom stereocenters. The Kier molecular flexibility index (Phi) is 10.1. The van der Waals surface area contributed by atoms with Gasteiger partial charge in [0.25, 0.3) is 5.56 Å². The van der Waals surface area contributed by atoms with E-state index in [-0.39, 0.29) is 34.0 Å². The summed E-state index contributed by atoms with van der Waals surface area (Å²) in [7, 11) is 1.39. The van der Waals surface area contributed by atoms with Gasteiger partial charge in [-0.3, -0.25) is 14.2 Å². The minimum atomic E-state index is -1.89. The molecular weight excluding hydrogens is 575 g/mol. The van der Waals surface area contributed by atoms with Crippen LogP contribution in [0.25, 0.3) is 15.2 Å². The van der Waals surface area contributed by atoms with Gasteiger partial charge in [0.2, 0.25) is 5.91 Å². The number of halogens is 1. The first-order chi connectivity index (χ1) is 20.3. The number of benzene rings is 1. The predicted molar refractivity (Wildman–Crippen MR) is 166 cm³/mol. The molecule has 3 aromatic heterocycles. The van der Waals surface area contributed by atoms with E-state index in [0.29, 0.717) is 10.6 Å². The number of aromatic nitrogens is 5. The van der Waals surface area contributed by atoms with Gasteiger partial charge in [-0.05, 0) is 59.2 Å². The third kappa shape index (κ3) is 6.18. The molecule has 1 amide bonds. The third-order valence-electron chi connectivity index (χ3n) is 6.89. The Hall–Kier alpha value is -4.10. The van der Waals surface area contributed by atoms with Gasteiger partial charge in [-0.2, -0.15) is 10.2 Å². The van der Waals surface area contributed by atoms with Crippen molar-refractivity contribution in [3.63, 3.8) is 0 Å². The average Bonchev–Trinajstić information content (AvgIpc) is 3.60. The summed E-state index contributed by atoms with van der Waals surface area (Å²) in [6, 6.07) is 3.47. The van der Waals surface area contributed by atoms with Gasteiger partial charge >= 0.3 is 5.69 Å². The fraction of sp³-hybridized carbons (Fsp3) is 0.433. The lowest BCUT2D eigenvalue weighted by molar-refractivity contribution is -0.129. The number of hydrogen-bond donors (Lipinski definition) is 2. The Morgan fingerprint density at radius 1 is 1.23 bits per heavy atom. The fourth-order valence-corrected chi connectivity index (χ4v) is 6.03. The highest BCUT2D eigenvalue weighted by Gasteiger charge is 2.39. The molecule has 1 aromatic carbocycles. The molecule has 11 nitrogen and oxygen atoms in total. The van der Waals surface area contributed by atoms with Crippen LogP contribution in [-0.4, -0.2) is 48.3 Å². The number of aryl methyl sites for hydroxylation is 1. The van der Waals surface area contributed by atoms with E-state index < -0.39 is 40.7 Å². The van der Waals surface area contributed by atoms with E-state index in [4.69, 9.17) is 4.74 Å². The van der Waals surface area contributed by atoms with Crippen LogP contribution >= 0.6 is 11.3 Å². The molecule has 0 aliphatic rings. The number of thiophene rings is 1. The van der Waals surface area contributed by atoms with Gasteiger partial charge in [0.15, 0.2) is 0 Å². The number of fused-ring (bicyclic) bond motifs is 1. The second kappa shape index (κ2) is 13.0. The van der Waals surface area contributed by atoms with E-state index in [1.807, 2.05) is 13.8 Å². The Morgan fingerprint density at radius 2 is 1.86 bits per heavy atom. The Balaban J connectivity index is 0.00000248. The van der Waals surface area contributed by atoms with E-state index in [2.05, 4.69) is 22.1 Å². The number of carbonyl (C=O) groups excluding carboxylic acids is 1. The van der Waals surface area contributed by atoms with Crippen molar-refractivity contribution in [2.75, 3.05) is 7.11 Å². The van der Waals surface area contributed by atoms with Crippen molar-refractivity contribution >= 4 is 27.5 Å². The van der Waals surface area contributed by atoms with Gasteiger partial charge < -0.3 is 15.2 Å². The molecule has 0 radical (unpaired) electrons. The number of nitrogens with zero attached hydrogens (tertiary/aromatic N) is 5. The number of carbonyl (C=O) groups is 1. The quantitative estimate of drug-likeness (QED) is 0.258. The number of nitrogens with one attached hydrogen (secondary N) is 1. The van der Waals surface area contributed by atoms with E-state index >= 15 is 0 Å². The molecule has 0 fully saturated rings. The fourth-order valence-electron chi connectivity index (χ4n) is 4.82. The number of hydrogen-bond acceptors (Lipinski definition) is 8. The maximum Gasteiger partial charge on any atom is 0.333 e. The number of aliphatic hydroxyl groups is 1. The van der Waals surface area contributed by atoms with E-state index in [0.717, 1.165) is 22.0 Å². The summed E-state index contributed by atoms with van der Waals surface area (Å²) in [5.41, 5.74) is -4.42. The van der Waals surface area contributed by atoms with Crippen molar-refractivity contribution in [1.29, 1.82) is 0 Å². The van der Waals surface area contributed by atoms with Gasteiger partial charge in [-0.15, -0.1) is 11.4 Å². The lowest BCUT2D eigenvalue weighted by Crippen LogP contribution is -2.57. The lowest BCUT2D eigenvalue weighted by Gasteiger charge is -2.32. The highest BCUT2D eigenvalue weighted by atomic mass is 32.1. The Morgan fingerprint density at radius 3 is 2.42 bits per heavy atom. The maximum absolute atomic E-state index is 14.4. The zero-order valence-electron chi connectivity index (χ0n) is 25.8. The first-order valence-electron chi connectivity index (χ1n) is 13.9. The molecule has 0 aliphatic heterocycles. The van der Waals surface area contributed by atoms with Gasteiger partial charge in [0, 0.05) is 17.2 Å². The standard InChI is InChI=1S/C28H33FN6O5S.C2H6/c1-8-11-28(39,19-14-18(29)9-10-20(19)40-7)15-33-24-21(17(4)23(41-24)35-30-12-13-31-35)22(36)34(26(33)38)27(5,6)25(37)32-16(2)3;1-2/h8-10,12-14,16,39H,1,11,15H2,2-7H3,(H,32,37);1-2H3. The Bertz CT molecular complexity index is 1740. The second-order valence-electron chi connectivity index (χ2n) is 10.6. The predicted octanol–water partition coefficient (Wildman–Crippen LogP) is 4.01. The summed E-state index contributed by atoms with van der Waals surface area (Å²) >= 11 is 1.09. The minimum Gasteiger partial charge on any atom is -0.496 e. The normalized spacial score (nSPS) is 12.9. The van der Waals surface area contributed by atoms with Crippen molar-refractivity contribution < 1.29 is 19.0 Å². The van der Waals surface area contributed by atoms with E-state index in [1.54, 1.807) is 20.8 Å². The zero-order valence-corrected chi connectivity index (χ0v) is 26.6. The molecule has 232 valence electrons.